The summed E-state index contributed by atoms with van der Waals surface area (Å²) in [6.07, 6.45) is 2.81. The molecule has 1 aromatic carbocycles. The molecule has 0 atom stereocenters. The van der Waals surface area contributed by atoms with E-state index in [1.54, 1.807) is 24.3 Å². The highest BCUT2D eigenvalue weighted by Gasteiger charge is 2.26. The molecule has 3 heterocycles. The van der Waals surface area contributed by atoms with E-state index >= 15 is 0 Å². The lowest BCUT2D eigenvalue weighted by Crippen LogP contribution is -2.35. The number of aryl methyl sites for hydroxylation is 1. The number of nitrogens with zero attached hydrogens (tertiary/aromatic N) is 3. The largest absolute Gasteiger partial charge is 0.465 e. The maximum atomic E-state index is 12.7. The molecule has 0 unspecified atom stereocenters. The number of carbonyl (C=O) groups is 1. The van der Waals surface area contributed by atoms with E-state index in [9.17, 15) is 13.2 Å². The van der Waals surface area contributed by atoms with Crippen molar-refractivity contribution in [2.24, 2.45) is 0 Å². The minimum absolute atomic E-state index is 0.135. The SMILES string of the molecule is Cc1ccc(CNC(=O)c2nnc(-c3ccc(S(=O)(=O)N4CCCCC4)cc3)o2)o1. The zero-order chi connectivity index (χ0) is 21.1. The predicted octanol–water partition coefficient (Wildman–Crippen LogP) is 2.74. The van der Waals surface area contributed by atoms with Crippen molar-refractivity contribution in [3.05, 3.63) is 53.8 Å². The van der Waals surface area contributed by atoms with Crippen LogP contribution >= 0.6 is 0 Å². The minimum Gasteiger partial charge on any atom is -0.465 e. The Morgan fingerprint density at radius 2 is 1.77 bits per heavy atom. The lowest BCUT2D eigenvalue weighted by atomic mass is 10.2. The average molecular weight is 430 g/mol. The van der Waals surface area contributed by atoms with E-state index in [0.717, 1.165) is 25.0 Å². The maximum absolute atomic E-state index is 12.7. The molecule has 1 saturated heterocycles. The lowest BCUT2D eigenvalue weighted by molar-refractivity contribution is 0.0913. The summed E-state index contributed by atoms with van der Waals surface area (Å²) in [5, 5.41) is 10.3. The van der Waals surface area contributed by atoms with Gasteiger partial charge in [-0.05, 0) is 56.2 Å². The van der Waals surface area contributed by atoms with Crippen LogP contribution in [0.3, 0.4) is 0 Å². The number of benzene rings is 1. The third-order valence-electron chi connectivity index (χ3n) is 4.89. The molecule has 1 N–H and O–H groups in total. The van der Waals surface area contributed by atoms with Crippen molar-refractivity contribution in [2.45, 2.75) is 37.6 Å². The van der Waals surface area contributed by atoms with Crippen molar-refractivity contribution in [1.82, 2.24) is 19.8 Å². The lowest BCUT2D eigenvalue weighted by Gasteiger charge is -2.25. The van der Waals surface area contributed by atoms with Gasteiger partial charge in [0.15, 0.2) is 0 Å². The molecular formula is C20H22N4O5S. The second kappa shape index (κ2) is 8.41. The molecule has 1 aliphatic heterocycles. The van der Waals surface area contributed by atoms with Gasteiger partial charge in [0.1, 0.15) is 11.5 Å². The molecule has 1 fully saturated rings. The summed E-state index contributed by atoms with van der Waals surface area (Å²) >= 11 is 0. The van der Waals surface area contributed by atoms with Gasteiger partial charge in [0.05, 0.1) is 11.4 Å². The Bertz CT molecular complexity index is 1130. The van der Waals surface area contributed by atoms with Gasteiger partial charge in [-0.1, -0.05) is 6.42 Å². The van der Waals surface area contributed by atoms with E-state index in [1.807, 2.05) is 6.92 Å². The van der Waals surface area contributed by atoms with Crippen molar-refractivity contribution in [1.29, 1.82) is 0 Å². The monoisotopic (exact) mass is 430 g/mol. The fraction of sp³-hybridized carbons (Fsp3) is 0.350. The van der Waals surface area contributed by atoms with Crippen LogP contribution in [0.4, 0.5) is 0 Å². The molecule has 1 aliphatic rings. The molecule has 0 bridgehead atoms. The molecule has 3 aromatic rings. The number of hydrogen-bond acceptors (Lipinski definition) is 7. The molecule has 158 valence electrons. The van der Waals surface area contributed by atoms with E-state index in [4.69, 9.17) is 8.83 Å². The molecule has 2 aromatic heterocycles. The Balaban J connectivity index is 1.43. The topological polar surface area (TPSA) is 119 Å². The summed E-state index contributed by atoms with van der Waals surface area (Å²) in [4.78, 5) is 12.4. The zero-order valence-corrected chi connectivity index (χ0v) is 17.3. The Labute approximate surface area is 174 Å². The first-order valence-corrected chi connectivity index (χ1v) is 11.1. The molecule has 1 amide bonds. The Kier molecular flexibility index (Phi) is 5.69. The molecule has 0 saturated carbocycles. The van der Waals surface area contributed by atoms with Crippen LogP contribution in [-0.2, 0) is 16.6 Å². The molecule has 9 nitrogen and oxygen atoms in total. The fourth-order valence-corrected chi connectivity index (χ4v) is 4.80. The van der Waals surface area contributed by atoms with Crippen molar-refractivity contribution < 1.29 is 22.0 Å². The van der Waals surface area contributed by atoms with Gasteiger partial charge in [-0.25, -0.2) is 8.42 Å². The highest BCUT2D eigenvalue weighted by atomic mass is 32.2. The molecular weight excluding hydrogens is 408 g/mol. The number of furan rings is 1. The number of amides is 1. The van der Waals surface area contributed by atoms with E-state index < -0.39 is 15.9 Å². The quantitative estimate of drug-likeness (QED) is 0.639. The van der Waals surface area contributed by atoms with Crippen LogP contribution in [-0.4, -0.2) is 41.9 Å². The number of sulfonamides is 1. The second-order valence-corrected chi connectivity index (χ2v) is 9.03. The Morgan fingerprint density at radius 1 is 1.03 bits per heavy atom. The van der Waals surface area contributed by atoms with E-state index in [-0.39, 0.29) is 23.2 Å². The van der Waals surface area contributed by atoms with Gasteiger partial charge in [0.25, 0.3) is 0 Å². The predicted molar refractivity (Wildman–Crippen MR) is 107 cm³/mol. The summed E-state index contributed by atoms with van der Waals surface area (Å²) in [5.41, 5.74) is 0.529. The molecule has 4 rings (SSSR count). The fourth-order valence-electron chi connectivity index (χ4n) is 3.28. The summed E-state index contributed by atoms with van der Waals surface area (Å²) in [6.45, 7) is 3.11. The number of rotatable bonds is 6. The van der Waals surface area contributed by atoms with Crippen LogP contribution in [0.1, 0.15) is 41.5 Å². The third-order valence-corrected chi connectivity index (χ3v) is 6.81. The van der Waals surface area contributed by atoms with Gasteiger partial charge in [-0.3, -0.25) is 4.79 Å². The first-order valence-electron chi connectivity index (χ1n) is 9.71. The summed E-state index contributed by atoms with van der Waals surface area (Å²) < 4.78 is 37.8. The first kappa shape index (κ1) is 20.3. The number of piperidine rings is 1. The van der Waals surface area contributed by atoms with Crippen molar-refractivity contribution in [2.75, 3.05) is 13.1 Å². The van der Waals surface area contributed by atoms with Gasteiger partial charge in [0, 0.05) is 18.7 Å². The van der Waals surface area contributed by atoms with Gasteiger partial charge in [-0.2, -0.15) is 4.31 Å². The molecule has 0 radical (unpaired) electrons. The summed E-state index contributed by atoms with van der Waals surface area (Å²) in [5.74, 6) is 0.803. The molecule has 10 heteroatoms. The van der Waals surface area contributed by atoms with E-state index in [2.05, 4.69) is 15.5 Å². The van der Waals surface area contributed by atoms with Crippen LogP contribution in [0.15, 0.2) is 50.1 Å². The summed E-state index contributed by atoms with van der Waals surface area (Å²) in [7, 11) is -3.51. The van der Waals surface area contributed by atoms with E-state index in [1.165, 1.54) is 16.4 Å². The number of hydrogen-bond donors (Lipinski definition) is 1. The Hall–Kier alpha value is -2.98. The Morgan fingerprint density at radius 3 is 2.43 bits per heavy atom. The number of carbonyl (C=O) groups excluding carboxylic acids is 1. The standard InChI is InChI=1S/C20H22N4O5S/c1-14-5-8-16(28-14)13-21-18(25)20-23-22-19(29-20)15-6-9-17(10-7-15)30(26,27)24-11-3-2-4-12-24/h5-10H,2-4,11-13H2,1H3,(H,21,25). The molecule has 0 aliphatic carbocycles. The third kappa shape index (κ3) is 4.29. The smallest absolute Gasteiger partial charge is 0.309 e. The first-order chi connectivity index (χ1) is 14.4. The van der Waals surface area contributed by atoms with Crippen molar-refractivity contribution >= 4 is 15.9 Å². The van der Waals surface area contributed by atoms with Crippen LogP contribution in [0.25, 0.3) is 11.5 Å². The second-order valence-electron chi connectivity index (χ2n) is 7.10. The van der Waals surface area contributed by atoms with Crippen LogP contribution in [0.5, 0.6) is 0 Å². The van der Waals surface area contributed by atoms with Crippen molar-refractivity contribution in [3.63, 3.8) is 0 Å². The van der Waals surface area contributed by atoms with Gasteiger partial charge in [-0.15, -0.1) is 10.2 Å². The van der Waals surface area contributed by atoms with Crippen LogP contribution < -0.4 is 5.32 Å². The molecule has 30 heavy (non-hydrogen) atoms. The minimum atomic E-state index is -3.51. The highest BCUT2D eigenvalue weighted by molar-refractivity contribution is 7.89. The average Bonchev–Trinajstić information content (AvgIpc) is 3.42. The van der Waals surface area contributed by atoms with Crippen LogP contribution in [0, 0.1) is 6.92 Å². The van der Waals surface area contributed by atoms with Crippen LogP contribution in [0.2, 0.25) is 0 Å². The number of nitrogens with one attached hydrogen (secondary N) is 1. The normalized spacial score (nSPS) is 15.2. The number of aromatic nitrogens is 2. The zero-order valence-electron chi connectivity index (χ0n) is 16.5. The van der Waals surface area contributed by atoms with E-state index in [0.29, 0.717) is 24.4 Å². The van der Waals surface area contributed by atoms with Gasteiger partial charge < -0.3 is 14.2 Å². The van der Waals surface area contributed by atoms with Gasteiger partial charge >= 0.3 is 11.8 Å². The summed E-state index contributed by atoms with van der Waals surface area (Å²) in [6, 6.07) is 9.80. The highest BCUT2D eigenvalue weighted by Crippen LogP contribution is 2.24. The molecule has 0 spiro atoms. The maximum Gasteiger partial charge on any atom is 0.309 e. The van der Waals surface area contributed by atoms with Gasteiger partial charge in [0.2, 0.25) is 15.9 Å². The van der Waals surface area contributed by atoms with Crippen molar-refractivity contribution in [3.8, 4) is 11.5 Å².